The predicted molar refractivity (Wildman–Crippen MR) is 136 cm³/mol. The van der Waals surface area contributed by atoms with Gasteiger partial charge in [-0.25, -0.2) is 4.79 Å². The molecule has 4 rings (SSSR count). The number of ether oxygens (including phenoxy) is 1. The molecule has 1 N–H and O–H groups in total. The van der Waals surface area contributed by atoms with Crippen LogP contribution in [0.2, 0.25) is 0 Å². The number of alkyl halides is 6. The van der Waals surface area contributed by atoms with Gasteiger partial charge in [0.1, 0.15) is 22.0 Å². The Bertz CT molecular complexity index is 1490. The highest BCUT2D eigenvalue weighted by Crippen LogP contribution is 2.41. The monoisotopic (exact) mass is 615 g/mol. The molecule has 0 aromatic carbocycles. The zero-order chi connectivity index (χ0) is 30.9. The lowest BCUT2D eigenvalue weighted by Crippen LogP contribution is -2.65. The van der Waals surface area contributed by atoms with E-state index in [1.165, 1.54) is 6.07 Å². The number of hydrogen-bond acceptors (Lipinski definition) is 7. The lowest BCUT2D eigenvalue weighted by molar-refractivity contribution is -0.166. The Hall–Kier alpha value is -4.01. The number of carbonyl (C=O) groups excluding carboxylic acids is 2. The van der Waals surface area contributed by atoms with Crippen LogP contribution in [0.1, 0.15) is 69.6 Å². The standard InChI is InChI=1S/C27H23F6N3O5S/c1-2-6-18-25(24(39)40,41-15-13-19(42-14-15)27(31,32)33)9-5-12-36(18)23(38)20-16(7-3-10-34-20)22(37)21-17(26(28,29)30)8-4-11-35-21/h3-4,7-8,10-11,13-14,18H,2,5-6,9,12H2,1H3,(H,39,40)/t18-,25+/m1/s1. The minimum Gasteiger partial charge on any atom is -0.478 e. The predicted octanol–water partition coefficient (Wildman–Crippen LogP) is 6.11. The first kappa shape index (κ1) is 30.9. The van der Waals surface area contributed by atoms with E-state index in [9.17, 15) is 45.8 Å². The molecule has 3 aromatic heterocycles. The second-order valence-corrected chi connectivity index (χ2v) is 10.4. The van der Waals surface area contributed by atoms with Gasteiger partial charge in [-0.05, 0) is 37.1 Å². The van der Waals surface area contributed by atoms with Crippen molar-refractivity contribution in [1.29, 1.82) is 0 Å². The molecule has 0 spiro atoms. The van der Waals surface area contributed by atoms with Crippen molar-refractivity contribution in [3.05, 3.63) is 75.5 Å². The lowest BCUT2D eigenvalue weighted by Gasteiger charge is -2.47. The van der Waals surface area contributed by atoms with Gasteiger partial charge in [-0.3, -0.25) is 19.6 Å². The smallest absolute Gasteiger partial charge is 0.425 e. The van der Waals surface area contributed by atoms with Crippen molar-refractivity contribution in [1.82, 2.24) is 14.9 Å². The number of aliphatic carboxylic acids is 1. The molecule has 15 heteroatoms. The van der Waals surface area contributed by atoms with E-state index in [4.69, 9.17) is 4.74 Å². The second kappa shape index (κ2) is 11.7. The summed E-state index contributed by atoms with van der Waals surface area (Å²) in [5.41, 5.74) is -5.43. The van der Waals surface area contributed by atoms with Gasteiger partial charge in [0.15, 0.2) is 0 Å². The topological polar surface area (TPSA) is 110 Å². The summed E-state index contributed by atoms with van der Waals surface area (Å²) in [7, 11) is 0. The van der Waals surface area contributed by atoms with Crippen LogP contribution in [-0.4, -0.2) is 55.8 Å². The third-order valence-electron chi connectivity index (χ3n) is 6.78. The van der Waals surface area contributed by atoms with Gasteiger partial charge in [-0.15, -0.1) is 11.3 Å². The molecule has 1 fully saturated rings. The number of ketones is 1. The molecule has 4 heterocycles. The van der Waals surface area contributed by atoms with E-state index in [0.717, 1.165) is 34.8 Å². The fourth-order valence-electron chi connectivity index (χ4n) is 4.97. The molecule has 0 aliphatic carbocycles. The van der Waals surface area contributed by atoms with Crippen molar-refractivity contribution in [3.8, 4) is 5.75 Å². The van der Waals surface area contributed by atoms with Crippen molar-refractivity contribution in [2.24, 2.45) is 0 Å². The summed E-state index contributed by atoms with van der Waals surface area (Å²) < 4.78 is 86.1. The van der Waals surface area contributed by atoms with E-state index in [1.807, 2.05) is 0 Å². The Morgan fingerprint density at radius 2 is 1.74 bits per heavy atom. The number of rotatable bonds is 8. The number of carboxylic acids is 1. The minimum atomic E-state index is -4.92. The molecular formula is C27H23F6N3O5S. The second-order valence-electron chi connectivity index (χ2n) is 9.47. The summed E-state index contributed by atoms with van der Waals surface area (Å²) in [5.74, 6) is -4.02. The molecule has 0 saturated carbocycles. The first-order chi connectivity index (χ1) is 19.7. The number of aromatic nitrogens is 2. The molecule has 1 saturated heterocycles. The largest absolute Gasteiger partial charge is 0.478 e. The SMILES string of the molecule is CCC[C@H]1N(C(=O)c2ncccc2C(=O)c2ncccc2C(F)(F)F)CCC[C@@]1(Oc1csc(C(F)(F)F)c1)C(=O)O. The van der Waals surface area contributed by atoms with Crippen molar-refractivity contribution >= 4 is 29.0 Å². The van der Waals surface area contributed by atoms with Crippen LogP contribution in [0.4, 0.5) is 26.3 Å². The maximum absolute atomic E-state index is 13.9. The molecule has 3 aromatic rings. The highest BCUT2D eigenvalue weighted by atomic mass is 32.1. The lowest BCUT2D eigenvalue weighted by atomic mass is 9.81. The van der Waals surface area contributed by atoms with Crippen LogP contribution in [0.15, 0.2) is 48.1 Å². The highest BCUT2D eigenvalue weighted by Gasteiger charge is 2.54. The first-order valence-electron chi connectivity index (χ1n) is 12.6. The molecular weight excluding hydrogens is 592 g/mol. The van der Waals surface area contributed by atoms with Gasteiger partial charge in [0, 0.05) is 36.8 Å². The third kappa shape index (κ3) is 5.96. The van der Waals surface area contributed by atoms with E-state index < -0.39 is 69.0 Å². The molecule has 0 radical (unpaired) electrons. The fraction of sp³-hybridized carbons (Fsp3) is 0.370. The number of hydrogen-bond donors (Lipinski definition) is 1. The van der Waals surface area contributed by atoms with E-state index in [1.54, 1.807) is 6.92 Å². The number of halogens is 6. The molecule has 42 heavy (non-hydrogen) atoms. The number of carboxylic acid groups (broad SMARTS) is 1. The van der Waals surface area contributed by atoms with Gasteiger partial charge in [0.05, 0.1) is 17.2 Å². The third-order valence-corrected chi connectivity index (χ3v) is 7.74. The van der Waals surface area contributed by atoms with Crippen LogP contribution < -0.4 is 4.74 Å². The van der Waals surface area contributed by atoms with Gasteiger partial charge >= 0.3 is 18.3 Å². The molecule has 1 amide bonds. The van der Waals surface area contributed by atoms with Crippen molar-refractivity contribution in [3.63, 3.8) is 0 Å². The van der Waals surface area contributed by atoms with Gasteiger partial charge in [-0.1, -0.05) is 13.3 Å². The van der Waals surface area contributed by atoms with Crippen LogP contribution >= 0.6 is 11.3 Å². The Labute approximate surface area is 239 Å². The molecule has 1 aliphatic rings. The number of carbonyl (C=O) groups is 3. The van der Waals surface area contributed by atoms with Crippen LogP contribution in [0.3, 0.4) is 0 Å². The molecule has 2 atom stereocenters. The van der Waals surface area contributed by atoms with Crippen molar-refractivity contribution in [2.45, 2.75) is 56.6 Å². The number of likely N-dealkylation sites (tertiary alicyclic amines) is 1. The summed E-state index contributed by atoms with van der Waals surface area (Å²) in [5, 5.41) is 11.3. The Morgan fingerprint density at radius 3 is 2.33 bits per heavy atom. The Kier molecular flexibility index (Phi) is 8.62. The number of piperidine rings is 1. The van der Waals surface area contributed by atoms with Crippen molar-refractivity contribution < 1.29 is 50.6 Å². The summed E-state index contributed by atoms with van der Waals surface area (Å²) in [6, 6.07) is 3.50. The summed E-state index contributed by atoms with van der Waals surface area (Å²) in [4.78, 5) is 47.6. The van der Waals surface area contributed by atoms with Crippen LogP contribution in [0.25, 0.3) is 0 Å². The van der Waals surface area contributed by atoms with Gasteiger partial charge < -0.3 is 14.7 Å². The minimum absolute atomic E-state index is 0.0269. The zero-order valence-corrected chi connectivity index (χ0v) is 22.6. The first-order valence-corrected chi connectivity index (χ1v) is 13.5. The van der Waals surface area contributed by atoms with E-state index in [-0.39, 0.29) is 31.6 Å². The maximum Gasteiger partial charge on any atom is 0.425 e. The molecule has 8 nitrogen and oxygen atoms in total. The van der Waals surface area contributed by atoms with Gasteiger partial charge in [0.2, 0.25) is 11.4 Å². The molecule has 1 aliphatic heterocycles. The molecule has 0 unspecified atom stereocenters. The van der Waals surface area contributed by atoms with E-state index >= 15 is 0 Å². The zero-order valence-electron chi connectivity index (χ0n) is 21.8. The fourth-order valence-corrected chi connectivity index (χ4v) is 5.65. The van der Waals surface area contributed by atoms with E-state index in [0.29, 0.717) is 29.9 Å². The molecule has 0 bridgehead atoms. The Morgan fingerprint density at radius 1 is 1.07 bits per heavy atom. The quantitative estimate of drug-likeness (QED) is 0.240. The number of amides is 1. The number of nitrogens with zero attached hydrogens (tertiary/aromatic N) is 3. The average Bonchev–Trinajstić information content (AvgIpc) is 3.42. The van der Waals surface area contributed by atoms with Crippen LogP contribution in [-0.2, 0) is 17.1 Å². The van der Waals surface area contributed by atoms with E-state index in [2.05, 4.69) is 9.97 Å². The number of pyridine rings is 2. The average molecular weight is 616 g/mol. The molecule has 224 valence electrons. The Balaban J connectivity index is 1.75. The van der Waals surface area contributed by atoms with Gasteiger partial charge in [0.25, 0.3) is 5.91 Å². The van der Waals surface area contributed by atoms with Crippen LogP contribution in [0, 0.1) is 0 Å². The summed E-state index contributed by atoms with van der Waals surface area (Å²) in [6.45, 7) is 1.67. The maximum atomic E-state index is 13.9. The summed E-state index contributed by atoms with van der Waals surface area (Å²) in [6.07, 6.45) is -7.16. The normalized spacial score (nSPS) is 19.4. The van der Waals surface area contributed by atoms with Crippen molar-refractivity contribution in [2.75, 3.05) is 6.54 Å². The van der Waals surface area contributed by atoms with Gasteiger partial charge in [-0.2, -0.15) is 26.3 Å². The highest BCUT2D eigenvalue weighted by molar-refractivity contribution is 7.10. The number of thiophene rings is 1. The summed E-state index contributed by atoms with van der Waals surface area (Å²) >= 11 is 0.323. The van der Waals surface area contributed by atoms with Crippen LogP contribution in [0.5, 0.6) is 5.75 Å².